The molecule has 2 amide bonds. The first-order valence-corrected chi connectivity index (χ1v) is 10.2. The van der Waals surface area contributed by atoms with Gasteiger partial charge in [-0.1, -0.05) is 48.5 Å². The molecule has 2 aliphatic rings. The maximum atomic E-state index is 12.8. The summed E-state index contributed by atoms with van der Waals surface area (Å²) in [6.45, 7) is 1.60. The summed E-state index contributed by atoms with van der Waals surface area (Å²) in [5.74, 6) is -0.417. The summed E-state index contributed by atoms with van der Waals surface area (Å²) in [6.07, 6.45) is 0. The molecule has 0 saturated carbocycles. The molecule has 0 spiro atoms. The van der Waals surface area contributed by atoms with Crippen LogP contribution in [-0.4, -0.2) is 21.6 Å². The number of hydrogen-bond donors (Lipinski definition) is 0. The predicted octanol–water partition coefficient (Wildman–Crippen LogP) is 4.79. The van der Waals surface area contributed by atoms with E-state index in [2.05, 4.69) is 10.4 Å². The molecule has 5 rings (SSSR count). The Morgan fingerprint density at radius 1 is 0.656 bits per heavy atom. The van der Waals surface area contributed by atoms with Gasteiger partial charge in [-0.3, -0.25) is 9.59 Å². The highest BCUT2D eigenvalue weighted by Crippen LogP contribution is 2.33. The van der Waals surface area contributed by atoms with E-state index in [0.717, 1.165) is 22.3 Å². The lowest BCUT2D eigenvalue weighted by molar-refractivity contribution is 0.0763. The number of carbonyl (C=O) groups excluding carboxylic acids is 2. The Bertz CT molecular complexity index is 1190. The summed E-state index contributed by atoms with van der Waals surface area (Å²) in [6, 6.07) is 17.9. The zero-order valence-electron chi connectivity index (χ0n) is 17.0. The maximum Gasteiger partial charge on any atom is 0.257 e. The number of carbonyl (C=O) groups is 2. The first-order valence-electron chi connectivity index (χ1n) is 10.2. The average Bonchev–Trinajstić information content (AvgIpc) is 3.30. The van der Waals surface area contributed by atoms with E-state index in [1.807, 2.05) is 36.4 Å². The monoisotopic (exact) mass is 426 g/mol. The van der Waals surface area contributed by atoms with Gasteiger partial charge in [-0.25, -0.2) is 0 Å². The molecule has 0 aliphatic carbocycles. The van der Waals surface area contributed by atoms with Crippen LogP contribution in [0.15, 0.2) is 71.0 Å². The van der Waals surface area contributed by atoms with Crippen LogP contribution in [0.4, 0.5) is 11.4 Å². The summed E-state index contributed by atoms with van der Waals surface area (Å²) >= 11 is 0. The Labute approximate surface area is 183 Å². The number of fused-ring (bicyclic) bond motifs is 2. The Balaban J connectivity index is 1.32. The lowest BCUT2D eigenvalue weighted by Crippen LogP contribution is -2.24. The van der Waals surface area contributed by atoms with Crippen molar-refractivity contribution in [3.8, 4) is 0 Å². The Morgan fingerprint density at radius 2 is 1.09 bits per heavy atom. The molecule has 32 heavy (non-hydrogen) atoms. The van der Waals surface area contributed by atoms with Gasteiger partial charge in [-0.2, -0.15) is 0 Å². The van der Waals surface area contributed by atoms with Gasteiger partial charge in [0, 0.05) is 26.2 Å². The lowest BCUT2D eigenvalue weighted by atomic mass is 10.1. The molecule has 2 aliphatic heterocycles. The molecule has 158 valence electrons. The van der Waals surface area contributed by atoms with Gasteiger partial charge in [0.2, 0.25) is 0 Å². The van der Waals surface area contributed by atoms with E-state index in [9.17, 15) is 19.4 Å². The molecule has 3 aromatic carbocycles. The second kappa shape index (κ2) is 7.81. The highest BCUT2D eigenvalue weighted by molar-refractivity contribution is 6.03. The number of benzene rings is 3. The second-order valence-electron chi connectivity index (χ2n) is 7.95. The summed E-state index contributed by atoms with van der Waals surface area (Å²) in [7, 11) is 0. The van der Waals surface area contributed by atoms with Gasteiger partial charge < -0.3 is 9.80 Å². The molecule has 0 N–H and O–H groups in total. The SMILES string of the molecule is O=Nc1cccc2c1C(=O)N(Cc1cccc(CN3Cc4cccc(N=O)c4C3=O)c1)C2. The molecule has 2 heterocycles. The minimum absolute atomic E-state index is 0.167. The molecular weight excluding hydrogens is 408 g/mol. The van der Waals surface area contributed by atoms with Gasteiger partial charge >= 0.3 is 0 Å². The highest BCUT2D eigenvalue weighted by Gasteiger charge is 2.32. The lowest BCUT2D eigenvalue weighted by Gasteiger charge is -2.18. The number of amides is 2. The summed E-state index contributed by atoms with van der Waals surface area (Å²) in [4.78, 5) is 51.1. The fourth-order valence-electron chi connectivity index (χ4n) is 4.48. The van der Waals surface area contributed by atoms with E-state index in [1.54, 1.807) is 34.1 Å². The van der Waals surface area contributed by atoms with Crippen LogP contribution in [0.2, 0.25) is 0 Å². The molecule has 0 radical (unpaired) electrons. The van der Waals surface area contributed by atoms with E-state index in [4.69, 9.17) is 0 Å². The van der Waals surface area contributed by atoms with E-state index in [-0.39, 0.29) is 23.2 Å². The van der Waals surface area contributed by atoms with Crippen LogP contribution in [0, 0.1) is 9.81 Å². The fourth-order valence-corrected chi connectivity index (χ4v) is 4.48. The highest BCUT2D eigenvalue weighted by atomic mass is 16.3. The number of rotatable bonds is 6. The standard InChI is InChI=1S/C24H18N4O4/c29-23-21-17(6-2-8-19(21)25-31)13-27(23)11-15-4-1-5-16(10-15)12-28-14-18-7-3-9-20(26-32)22(18)24(28)30/h1-10H,11-14H2. The average molecular weight is 426 g/mol. The van der Waals surface area contributed by atoms with Crippen molar-refractivity contribution in [1.29, 1.82) is 0 Å². The number of nitrogens with zero attached hydrogens (tertiary/aromatic N) is 4. The van der Waals surface area contributed by atoms with Gasteiger partial charge in [-0.05, 0) is 44.7 Å². The van der Waals surface area contributed by atoms with Gasteiger partial charge in [0.05, 0.1) is 11.1 Å². The minimum Gasteiger partial charge on any atom is -0.330 e. The van der Waals surface area contributed by atoms with Crippen LogP contribution < -0.4 is 0 Å². The molecule has 0 aromatic heterocycles. The van der Waals surface area contributed by atoms with Crippen molar-refractivity contribution < 1.29 is 9.59 Å². The molecular formula is C24H18N4O4. The second-order valence-corrected chi connectivity index (χ2v) is 7.95. The Kier molecular flexibility index (Phi) is 4.82. The molecule has 0 unspecified atom stereocenters. The zero-order chi connectivity index (χ0) is 22.2. The van der Waals surface area contributed by atoms with Crippen molar-refractivity contribution in [2.24, 2.45) is 10.4 Å². The molecule has 8 nitrogen and oxygen atoms in total. The van der Waals surface area contributed by atoms with Crippen molar-refractivity contribution >= 4 is 23.2 Å². The molecule has 8 heteroatoms. The van der Waals surface area contributed by atoms with Gasteiger partial charge in [0.15, 0.2) is 0 Å². The maximum absolute atomic E-state index is 12.8. The van der Waals surface area contributed by atoms with Crippen molar-refractivity contribution in [1.82, 2.24) is 9.80 Å². The molecule has 0 fully saturated rings. The quantitative estimate of drug-likeness (QED) is 0.529. The van der Waals surface area contributed by atoms with Crippen LogP contribution >= 0.6 is 0 Å². The van der Waals surface area contributed by atoms with E-state index in [1.165, 1.54) is 0 Å². The third kappa shape index (κ3) is 3.26. The molecule has 0 saturated heterocycles. The topological polar surface area (TPSA) is 99.5 Å². The summed E-state index contributed by atoms with van der Waals surface area (Å²) < 4.78 is 0. The van der Waals surface area contributed by atoms with E-state index in [0.29, 0.717) is 37.3 Å². The van der Waals surface area contributed by atoms with Crippen LogP contribution in [0.25, 0.3) is 0 Å². The van der Waals surface area contributed by atoms with E-state index >= 15 is 0 Å². The Morgan fingerprint density at radius 3 is 1.53 bits per heavy atom. The van der Waals surface area contributed by atoms with Crippen LogP contribution in [-0.2, 0) is 26.2 Å². The van der Waals surface area contributed by atoms with Crippen molar-refractivity contribution in [3.05, 3.63) is 104 Å². The number of hydrogen-bond acceptors (Lipinski definition) is 6. The predicted molar refractivity (Wildman–Crippen MR) is 117 cm³/mol. The first kappa shape index (κ1) is 19.7. The zero-order valence-corrected chi connectivity index (χ0v) is 17.0. The normalized spacial score (nSPS) is 14.5. The van der Waals surface area contributed by atoms with Crippen molar-refractivity contribution in [3.63, 3.8) is 0 Å². The molecule has 0 atom stereocenters. The largest absolute Gasteiger partial charge is 0.330 e. The summed E-state index contributed by atoms with van der Waals surface area (Å²) in [5.41, 5.74) is 4.51. The van der Waals surface area contributed by atoms with Crippen LogP contribution in [0.5, 0.6) is 0 Å². The van der Waals surface area contributed by atoms with E-state index < -0.39 is 0 Å². The third-order valence-corrected chi connectivity index (χ3v) is 5.92. The first-order chi connectivity index (χ1) is 15.6. The third-order valence-electron chi connectivity index (χ3n) is 5.92. The molecule has 0 bridgehead atoms. The van der Waals surface area contributed by atoms with Gasteiger partial charge in [-0.15, -0.1) is 9.81 Å². The fraction of sp³-hybridized carbons (Fsp3) is 0.167. The number of nitroso groups, excluding NO2 is 2. The van der Waals surface area contributed by atoms with Gasteiger partial charge in [0.25, 0.3) is 11.8 Å². The minimum atomic E-state index is -0.209. The Hall–Kier alpha value is -4.20. The van der Waals surface area contributed by atoms with Crippen LogP contribution in [0.1, 0.15) is 43.0 Å². The van der Waals surface area contributed by atoms with Crippen LogP contribution in [0.3, 0.4) is 0 Å². The molecule has 3 aromatic rings. The van der Waals surface area contributed by atoms with Crippen molar-refractivity contribution in [2.45, 2.75) is 26.2 Å². The van der Waals surface area contributed by atoms with Crippen molar-refractivity contribution in [2.75, 3.05) is 0 Å². The van der Waals surface area contributed by atoms with Gasteiger partial charge in [0.1, 0.15) is 11.4 Å². The smallest absolute Gasteiger partial charge is 0.257 e. The summed E-state index contributed by atoms with van der Waals surface area (Å²) in [5, 5.41) is 5.96.